The van der Waals surface area contributed by atoms with Crippen molar-refractivity contribution < 1.29 is 19.4 Å². The lowest BCUT2D eigenvalue weighted by Crippen LogP contribution is -2.48. The van der Waals surface area contributed by atoms with Gasteiger partial charge in [-0.3, -0.25) is 0 Å². The van der Waals surface area contributed by atoms with Crippen molar-refractivity contribution in [2.24, 2.45) is 0 Å². The third-order valence-corrected chi connectivity index (χ3v) is 2.20. The Morgan fingerprint density at radius 2 is 2.00 bits per heavy atom. The van der Waals surface area contributed by atoms with Crippen molar-refractivity contribution in [2.45, 2.75) is 38.8 Å². The molecule has 0 fully saturated rings. The lowest BCUT2D eigenvalue weighted by atomic mass is 10.2. The highest BCUT2D eigenvalue weighted by Crippen LogP contribution is 1.94. The highest BCUT2D eigenvalue weighted by Gasteiger charge is 2.19. The molecule has 0 aliphatic heterocycles. The van der Waals surface area contributed by atoms with Gasteiger partial charge in [-0.05, 0) is 13.3 Å². The molecule has 0 saturated carbocycles. The molecular weight excluding hydrogens is 212 g/mol. The van der Waals surface area contributed by atoms with Crippen LogP contribution in [0.25, 0.3) is 0 Å². The molecule has 0 aliphatic carbocycles. The van der Waals surface area contributed by atoms with Crippen LogP contribution in [0.5, 0.6) is 0 Å². The normalized spacial score (nSPS) is 13.9. The number of ether oxygens (including phenoxy) is 1. The Balaban J connectivity index is 4.07. The summed E-state index contributed by atoms with van der Waals surface area (Å²) in [6.45, 7) is 4.08. The van der Waals surface area contributed by atoms with Crippen molar-refractivity contribution in [1.82, 2.24) is 10.6 Å². The van der Waals surface area contributed by atoms with Crippen molar-refractivity contribution in [3.63, 3.8) is 0 Å². The van der Waals surface area contributed by atoms with Crippen molar-refractivity contribution in [1.29, 1.82) is 0 Å². The van der Waals surface area contributed by atoms with Crippen LogP contribution in [0.15, 0.2) is 0 Å². The fourth-order valence-corrected chi connectivity index (χ4v) is 1.02. The molecule has 0 bridgehead atoms. The molecule has 0 aliphatic rings. The molecule has 0 aromatic rings. The van der Waals surface area contributed by atoms with E-state index in [9.17, 15) is 9.59 Å². The van der Waals surface area contributed by atoms with E-state index in [1.807, 2.05) is 13.8 Å². The van der Waals surface area contributed by atoms with Crippen LogP contribution in [0.4, 0.5) is 4.79 Å². The smallest absolute Gasteiger partial charge is 0.326 e. The number of rotatable bonds is 7. The number of carbonyl (C=O) groups excluding carboxylic acids is 1. The predicted molar refractivity (Wildman–Crippen MR) is 59.3 cm³/mol. The van der Waals surface area contributed by atoms with Crippen LogP contribution >= 0.6 is 0 Å². The van der Waals surface area contributed by atoms with E-state index >= 15 is 0 Å². The minimum absolute atomic E-state index is 0.0249. The van der Waals surface area contributed by atoms with Gasteiger partial charge in [0.05, 0.1) is 0 Å². The van der Waals surface area contributed by atoms with E-state index in [4.69, 9.17) is 9.84 Å². The topological polar surface area (TPSA) is 87.7 Å². The number of hydrogen-bond acceptors (Lipinski definition) is 3. The zero-order valence-corrected chi connectivity index (χ0v) is 9.95. The first-order chi connectivity index (χ1) is 7.51. The summed E-state index contributed by atoms with van der Waals surface area (Å²) < 4.78 is 4.77. The van der Waals surface area contributed by atoms with Crippen LogP contribution in [-0.2, 0) is 9.53 Å². The Morgan fingerprint density at radius 3 is 2.44 bits per heavy atom. The maximum atomic E-state index is 11.4. The van der Waals surface area contributed by atoms with Crippen LogP contribution < -0.4 is 10.6 Å². The van der Waals surface area contributed by atoms with Crippen molar-refractivity contribution >= 4 is 12.0 Å². The maximum absolute atomic E-state index is 11.4. The van der Waals surface area contributed by atoms with E-state index in [0.717, 1.165) is 6.42 Å². The predicted octanol–water partition coefficient (Wildman–Crippen LogP) is 0.574. The Bertz CT molecular complexity index is 233. The molecule has 0 saturated heterocycles. The third-order valence-electron chi connectivity index (χ3n) is 2.20. The molecule has 3 N–H and O–H groups in total. The van der Waals surface area contributed by atoms with Crippen LogP contribution in [0.1, 0.15) is 26.7 Å². The third kappa shape index (κ3) is 6.23. The van der Waals surface area contributed by atoms with Crippen molar-refractivity contribution in [3.05, 3.63) is 0 Å². The molecule has 0 spiro atoms. The van der Waals surface area contributed by atoms with Gasteiger partial charge in [0, 0.05) is 26.2 Å². The van der Waals surface area contributed by atoms with Crippen LogP contribution in [-0.4, -0.2) is 42.9 Å². The van der Waals surface area contributed by atoms with Crippen LogP contribution in [0, 0.1) is 0 Å². The Morgan fingerprint density at radius 1 is 1.38 bits per heavy atom. The van der Waals surface area contributed by atoms with Gasteiger partial charge >= 0.3 is 12.0 Å². The second kappa shape index (κ2) is 7.92. The molecule has 2 unspecified atom stereocenters. The van der Waals surface area contributed by atoms with E-state index in [-0.39, 0.29) is 12.5 Å². The second-order valence-electron chi connectivity index (χ2n) is 3.60. The van der Waals surface area contributed by atoms with E-state index in [2.05, 4.69) is 10.6 Å². The van der Waals surface area contributed by atoms with Gasteiger partial charge < -0.3 is 20.5 Å². The lowest BCUT2D eigenvalue weighted by molar-refractivity contribution is -0.139. The van der Waals surface area contributed by atoms with Gasteiger partial charge in [-0.1, -0.05) is 6.92 Å². The number of carboxylic acids is 1. The molecule has 6 heteroatoms. The van der Waals surface area contributed by atoms with Crippen molar-refractivity contribution in [2.75, 3.05) is 13.7 Å². The summed E-state index contributed by atoms with van der Waals surface area (Å²) in [7, 11) is 1.48. The summed E-state index contributed by atoms with van der Waals surface area (Å²) >= 11 is 0. The Labute approximate surface area is 95.4 Å². The number of methoxy groups -OCH3 is 1. The zero-order valence-electron chi connectivity index (χ0n) is 9.95. The number of aliphatic carboxylic acids is 1. The average Bonchev–Trinajstić information content (AvgIpc) is 2.23. The van der Waals surface area contributed by atoms with Gasteiger partial charge in [-0.15, -0.1) is 0 Å². The molecule has 2 atom stereocenters. The molecule has 0 aromatic carbocycles. The largest absolute Gasteiger partial charge is 0.480 e. The van der Waals surface area contributed by atoms with Gasteiger partial charge in [0.15, 0.2) is 0 Å². The van der Waals surface area contributed by atoms with E-state index in [1.54, 1.807) is 0 Å². The monoisotopic (exact) mass is 232 g/mol. The molecule has 94 valence electrons. The van der Waals surface area contributed by atoms with Gasteiger partial charge in [0.25, 0.3) is 0 Å². The molecule has 6 nitrogen and oxygen atoms in total. The quantitative estimate of drug-likeness (QED) is 0.599. The minimum Gasteiger partial charge on any atom is -0.480 e. The summed E-state index contributed by atoms with van der Waals surface area (Å²) in [6.07, 6.45) is 1.04. The van der Waals surface area contributed by atoms with Crippen LogP contribution in [0.2, 0.25) is 0 Å². The molecule has 0 aromatic heterocycles. The molecule has 0 radical (unpaired) electrons. The number of amides is 2. The standard InChI is InChI=1S/C10H20N2O4/c1-4-7(2)11-10(15)12-8(9(13)14)5-6-16-3/h7-8H,4-6H2,1-3H3,(H,13,14)(H2,11,12,15). The molecule has 2 amide bonds. The summed E-state index contributed by atoms with van der Waals surface area (Å²) in [6, 6.07) is -1.35. The van der Waals surface area contributed by atoms with Gasteiger partial charge in [0.1, 0.15) is 6.04 Å². The first kappa shape index (κ1) is 14.7. The number of carboxylic acid groups (broad SMARTS) is 1. The first-order valence-electron chi connectivity index (χ1n) is 5.30. The van der Waals surface area contributed by atoms with Crippen LogP contribution in [0.3, 0.4) is 0 Å². The SMILES string of the molecule is CCC(C)NC(=O)NC(CCOC)C(=O)O. The minimum atomic E-state index is -1.06. The number of nitrogens with one attached hydrogen (secondary N) is 2. The Kier molecular flexibility index (Phi) is 7.28. The van der Waals surface area contributed by atoms with Gasteiger partial charge in [-0.2, -0.15) is 0 Å². The van der Waals surface area contributed by atoms with Gasteiger partial charge in [0.2, 0.25) is 0 Å². The summed E-state index contributed by atoms with van der Waals surface area (Å²) in [5.41, 5.74) is 0. The molecular formula is C10H20N2O4. The van der Waals surface area contributed by atoms with E-state index in [1.165, 1.54) is 7.11 Å². The lowest BCUT2D eigenvalue weighted by Gasteiger charge is -2.17. The zero-order chi connectivity index (χ0) is 12.6. The van der Waals surface area contributed by atoms with E-state index < -0.39 is 18.0 Å². The number of carbonyl (C=O) groups is 2. The molecule has 16 heavy (non-hydrogen) atoms. The highest BCUT2D eigenvalue weighted by atomic mass is 16.5. The van der Waals surface area contributed by atoms with Crippen molar-refractivity contribution in [3.8, 4) is 0 Å². The summed E-state index contributed by atoms with van der Waals surface area (Å²) in [4.78, 5) is 22.2. The highest BCUT2D eigenvalue weighted by molar-refractivity contribution is 5.82. The number of urea groups is 1. The summed E-state index contributed by atoms with van der Waals surface area (Å²) in [5.74, 6) is -1.06. The molecule has 0 heterocycles. The average molecular weight is 232 g/mol. The Hall–Kier alpha value is -1.30. The maximum Gasteiger partial charge on any atom is 0.326 e. The number of hydrogen-bond donors (Lipinski definition) is 3. The molecule has 0 rings (SSSR count). The fourth-order valence-electron chi connectivity index (χ4n) is 1.02. The second-order valence-corrected chi connectivity index (χ2v) is 3.60. The summed E-state index contributed by atoms with van der Waals surface area (Å²) in [5, 5.41) is 13.9. The van der Waals surface area contributed by atoms with Gasteiger partial charge in [-0.25, -0.2) is 9.59 Å². The fraction of sp³-hybridized carbons (Fsp3) is 0.800. The van der Waals surface area contributed by atoms with E-state index in [0.29, 0.717) is 6.61 Å². The first-order valence-corrected chi connectivity index (χ1v) is 5.30.